The van der Waals surface area contributed by atoms with Crippen LogP contribution in [0, 0.1) is 0 Å². The summed E-state index contributed by atoms with van der Waals surface area (Å²) in [6, 6.07) is 8.18. The number of hydrogen-bond acceptors (Lipinski definition) is 4. The number of carbonyl (C=O) groups is 1. The van der Waals surface area contributed by atoms with Gasteiger partial charge in [-0.15, -0.1) is 0 Å². The van der Waals surface area contributed by atoms with Crippen LogP contribution in [0.25, 0.3) is 11.3 Å². The van der Waals surface area contributed by atoms with Gasteiger partial charge in [-0.25, -0.2) is 4.98 Å². The van der Waals surface area contributed by atoms with E-state index in [1.807, 2.05) is 0 Å². The van der Waals surface area contributed by atoms with Crippen molar-refractivity contribution in [2.24, 2.45) is 0 Å². The van der Waals surface area contributed by atoms with Gasteiger partial charge in [0.25, 0.3) is 5.91 Å². The first kappa shape index (κ1) is 17.0. The third kappa shape index (κ3) is 3.63. The average molecular weight is 368 g/mol. The molecule has 9 heteroatoms. The summed E-state index contributed by atoms with van der Waals surface area (Å²) < 4.78 is 43.3. The number of amides is 1. The highest BCUT2D eigenvalue weighted by Gasteiger charge is 2.31. The van der Waals surface area contributed by atoms with Crippen LogP contribution >= 0.6 is 11.6 Å². The molecule has 0 aliphatic heterocycles. The van der Waals surface area contributed by atoms with Crippen LogP contribution in [0.4, 0.5) is 19.0 Å². The Morgan fingerprint density at radius 1 is 1.20 bits per heavy atom. The number of aromatic nitrogens is 2. The molecule has 1 N–H and O–H groups in total. The van der Waals surface area contributed by atoms with E-state index in [2.05, 4.69) is 15.5 Å². The third-order valence-electron chi connectivity index (χ3n) is 3.26. The van der Waals surface area contributed by atoms with Gasteiger partial charge in [0.2, 0.25) is 0 Å². The van der Waals surface area contributed by atoms with E-state index >= 15 is 0 Å². The standard InChI is InChI=1S/C16H9ClF3N3O2/c17-12-4-2-1-3-10(12)14-11(8-22-25-14)15(24)23-13-7-9(5-6-21-13)16(18,19)20/h1-8H,(H,21,23,24). The Hall–Kier alpha value is -2.87. The van der Waals surface area contributed by atoms with Crippen molar-refractivity contribution >= 4 is 23.3 Å². The molecule has 25 heavy (non-hydrogen) atoms. The monoisotopic (exact) mass is 367 g/mol. The molecule has 3 rings (SSSR count). The molecule has 2 heterocycles. The Morgan fingerprint density at radius 3 is 2.68 bits per heavy atom. The largest absolute Gasteiger partial charge is 0.416 e. The van der Waals surface area contributed by atoms with Gasteiger partial charge in [0.05, 0.1) is 16.8 Å². The number of halogens is 4. The molecule has 0 fully saturated rings. The Morgan fingerprint density at radius 2 is 1.96 bits per heavy atom. The lowest BCUT2D eigenvalue weighted by Gasteiger charge is -2.09. The second kappa shape index (κ2) is 6.56. The van der Waals surface area contributed by atoms with Crippen LogP contribution in [0.15, 0.2) is 53.3 Å². The van der Waals surface area contributed by atoms with Crippen molar-refractivity contribution in [1.29, 1.82) is 0 Å². The molecule has 2 aromatic heterocycles. The Bertz CT molecular complexity index is 925. The second-order valence-electron chi connectivity index (χ2n) is 4.93. The lowest BCUT2D eigenvalue weighted by molar-refractivity contribution is -0.137. The van der Waals surface area contributed by atoms with Crippen molar-refractivity contribution in [2.75, 3.05) is 5.32 Å². The Balaban J connectivity index is 1.89. The van der Waals surface area contributed by atoms with Crippen LogP contribution in [0.2, 0.25) is 5.02 Å². The van der Waals surface area contributed by atoms with Crippen molar-refractivity contribution in [1.82, 2.24) is 10.1 Å². The summed E-state index contributed by atoms with van der Waals surface area (Å²) in [5.41, 5.74) is -0.467. The number of carbonyl (C=O) groups excluding carboxylic acids is 1. The minimum absolute atomic E-state index is 0.0207. The number of benzene rings is 1. The van der Waals surface area contributed by atoms with Gasteiger partial charge < -0.3 is 9.84 Å². The Labute approximate surface area is 144 Å². The molecule has 3 aromatic rings. The predicted molar refractivity (Wildman–Crippen MR) is 84.1 cm³/mol. The summed E-state index contributed by atoms with van der Waals surface area (Å²) in [4.78, 5) is 16.1. The van der Waals surface area contributed by atoms with E-state index in [1.165, 1.54) is 0 Å². The summed E-state index contributed by atoms with van der Waals surface area (Å²) in [7, 11) is 0. The van der Waals surface area contributed by atoms with Gasteiger partial charge in [-0.05, 0) is 24.3 Å². The summed E-state index contributed by atoms with van der Waals surface area (Å²) in [5, 5.41) is 6.20. The predicted octanol–water partition coefficient (Wildman–Crippen LogP) is 4.66. The van der Waals surface area contributed by atoms with Crippen molar-refractivity contribution in [3.63, 3.8) is 0 Å². The molecule has 5 nitrogen and oxygen atoms in total. The normalized spacial score (nSPS) is 11.4. The molecule has 0 aliphatic carbocycles. The molecule has 1 aromatic carbocycles. The number of alkyl halides is 3. The highest BCUT2D eigenvalue weighted by atomic mass is 35.5. The molecular weight excluding hydrogens is 359 g/mol. The molecule has 0 saturated heterocycles. The topological polar surface area (TPSA) is 68.0 Å². The zero-order valence-electron chi connectivity index (χ0n) is 12.3. The van der Waals surface area contributed by atoms with Gasteiger partial charge in [0, 0.05) is 11.8 Å². The molecular formula is C16H9ClF3N3O2. The molecule has 0 bridgehead atoms. The van der Waals surface area contributed by atoms with Gasteiger partial charge in [-0.2, -0.15) is 13.2 Å². The van der Waals surface area contributed by atoms with E-state index in [0.717, 1.165) is 24.5 Å². The van der Waals surface area contributed by atoms with Gasteiger partial charge >= 0.3 is 6.18 Å². The van der Waals surface area contributed by atoms with Gasteiger partial charge in [0.1, 0.15) is 11.4 Å². The van der Waals surface area contributed by atoms with Crippen molar-refractivity contribution in [3.8, 4) is 11.3 Å². The van der Waals surface area contributed by atoms with E-state index in [1.54, 1.807) is 24.3 Å². The van der Waals surface area contributed by atoms with Gasteiger partial charge in [-0.3, -0.25) is 4.79 Å². The quantitative estimate of drug-likeness (QED) is 0.731. The number of anilines is 1. The van der Waals surface area contributed by atoms with E-state index < -0.39 is 17.6 Å². The summed E-state index contributed by atoms with van der Waals surface area (Å²) >= 11 is 6.07. The number of nitrogens with zero attached hydrogens (tertiary/aromatic N) is 2. The van der Waals surface area contributed by atoms with E-state index in [-0.39, 0.29) is 17.1 Å². The molecule has 0 saturated carbocycles. The number of hydrogen-bond donors (Lipinski definition) is 1. The van der Waals surface area contributed by atoms with Crippen LogP contribution in [-0.2, 0) is 6.18 Å². The fourth-order valence-corrected chi connectivity index (χ4v) is 2.32. The first-order chi connectivity index (χ1) is 11.9. The number of rotatable bonds is 3. The van der Waals surface area contributed by atoms with Gasteiger partial charge in [0.15, 0.2) is 5.76 Å². The van der Waals surface area contributed by atoms with Crippen LogP contribution < -0.4 is 5.32 Å². The molecule has 0 unspecified atom stereocenters. The van der Waals surface area contributed by atoms with Crippen molar-refractivity contribution in [3.05, 3.63) is 64.9 Å². The first-order valence-electron chi connectivity index (χ1n) is 6.90. The molecule has 0 aliphatic rings. The maximum atomic E-state index is 12.7. The summed E-state index contributed by atoms with van der Waals surface area (Å²) in [5.74, 6) is -0.857. The fourth-order valence-electron chi connectivity index (χ4n) is 2.10. The average Bonchev–Trinajstić information content (AvgIpc) is 3.04. The fraction of sp³-hybridized carbons (Fsp3) is 0.0625. The molecule has 1 amide bonds. The Kier molecular flexibility index (Phi) is 4.45. The summed E-state index contributed by atoms with van der Waals surface area (Å²) in [6.45, 7) is 0. The summed E-state index contributed by atoms with van der Waals surface area (Å²) in [6.07, 6.45) is -2.43. The molecule has 0 atom stereocenters. The van der Waals surface area contributed by atoms with Crippen molar-refractivity contribution < 1.29 is 22.5 Å². The lowest BCUT2D eigenvalue weighted by atomic mass is 10.1. The van der Waals surface area contributed by atoms with Crippen LogP contribution in [0.3, 0.4) is 0 Å². The SMILES string of the molecule is O=C(Nc1cc(C(F)(F)F)ccn1)c1cnoc1-c1ccccc1Cl. The van der Waals surface area contributed by atoms with Crippen molar-refractivity contribution in [2.45, 2.75) is 6.18 Å². The minimum atomic E-state index is -4.54. The zero-order valence-corrected chi connectivity index (χ0v) is 13.1. The second-order valence-corrected chi connectivity index (χ2v) is 5.34. The number of nitrogens with one attached hydrogen (secondary N) is 1. The minimum Gasteiger partial charge on any atom is -0.355 e. The van der Waals surface area contributed by atoms with Crippen LogP contribution in [0.5, 0.6) is 0 Å². The van der Waals surface area contributed by atoms with E-state index in [0.29, 0.717) is 10.6 Å². The van der Waals surface area contributed by atoms with Crippen LogP contribution in [-0.4, -0.2) is 16.0 Å². The number of pyridine rings is 1. The maximum Gasteiger partial charge on any atom is 0.416 e. The van der Waals surface area contributed by atoms with Gasteiger partial charge in [-0.1, -0.05) is 28.9 Å². The maximum absolute atomic E-state index is 12.7. The highest BCUT2D eigenvalue weighted by Crippen LogP contribution is 2.32. The first-order valence-corrected chi connectivity index (χ1v) is 7.28. The molecule has 0 radical (unpaired) electrons. The lowest BCUT2D eigenvalue weighted by Crippen LogP contribution is -2.14. The smallest absolute Gasteiger partial charge is 0.355 e. The third-order valence-corrected chi connectivity index (χ3v) is 3.59. The molecule has 128 valence electrons. The van der Waals surface area contributed by atoms with E-state index in [9.17, 15) is 18.0 Å². The van der Waals surface area contributed by atoms with Crippen LogP contribution in [0.1, 0.15) is 15.9 Å². The highest BCUT2D eigenvalue weighted by molar-refractivity contribution is 6.33. The molecule has 0 spiro atoms. The zero-order chi connectivity index (χ0) is 18.0. The van der Waals surface area contributed by atoms with E-state index in [4.69, 9.17) is 16.1 Å².